The Morgan fingerprint density at radius 3 is 2.31 bits per heavy atom. The summed E-state index contributed by atoms with van der Waals surface area (Å²) >= 11 is -1.04. The second kappa shape index (κ2) is 9.35. The molecule has 3 aromatic carbocycles. The Kier molecular flexibility index (Phi) is 6.36. The predicted octanol–water partition coefficient (Wildman–Crippen LogP) is 6.06. The van der Waals surface area contributed by atoms with E-state index in [-0.39, 0.29) is 11.3 Å². The van der Waals surface area contributed by atoms with Crippen LogP contribution in [0.5, 0.6) is 5.75 Å². The molecule has 1 aromatic heterocycles. The summed E-state index contributed by atoms with van der Waals surface area (Å²) in [5, 5.41) is 9.74. The number of nitrogens with zero attached hydrogens (tertiary/aromatic N) is 1. The monoisotopic (exact) mass is 465 g/mol. The Labute approximate surface area is 191 Å². The lowest BCUT2D eigenvalue weighted by Gasteiger charge is -2.20. The maximum Gasteiger partial charge on any atom is 0.335 e. The normalized spacial score (nSPS) is 11.7. The van der Waals surface area contributed by atoms with Crippen LogP contribution in [-0.2, 0) is 11.3 Å². The Bertz CT molecular complexity index is 1290. The number of ether oxygens (including phenoxy) is 1. The molecule has 0 amide bonds. The zero-order chi connectivity index (χ0) is 22.7. The molecule has 8 heteroatoms. The molecule has 0 bridgehead atoms. The summed E-state index contributed by atoms with van der Waals surface area (Å²) in [5.41, 5.74) is 3.49. The van der Waals surface area contributed by atoms with Crippen LogP contribution in [0.2, 0.25) is 0 Å². The van der Waals surface area contributed by atoms with E-state index in [1.807, 2.05) is 54.6 Å². The quantitative estimate of drug-likeness (QED) is 0.324. The number of hydrogen-bond acceptors (Lipinski definition) is 4. The Morgan fingerprint density at radius 2 is 1.62 bits per heavy atom. The van der Waals surface area contributed by atoms with Crippen LogP contribution >= 0.6 is 11.3 Å². The van der Waals surface area contributed by atoms with Crippen LogP contribution in [0.4, 0.5) is 10.7 Å². The highest BCUT2D eigenvalue weighted by atomic mass is 32.2. The largest absolute Gasteiger partial charge is 0.495 e. The van der Waals surface area contributed by atoms with Gasteiger partial charge in [-0.25, -0.2) is 13.3 Å². The molecule has 32 heavy (non-hydrogen) atoms. The van der Waals surface area contributed by atoms with Crippen LogP contribution in [0.15, 0.2) is 84.9 Å². The summed E-state index contributed by atoms with van der Waals surface area (Å²) in [6, 6.07) is 25.9. The topological polar surface area (TPSA) is 87.1 Å². The molecule has 2 N–H and O–H groups in total. The van der Waals surface area contributed by atoms with Gasteiger partial charge < -0.3 is 9.84 Å². The summed E-state index contributed by atoms with van der Waals surface area (Å²) in [6.45, 7) is 0. The smallest absolute Gasteiger partial charge is 0.335 e. The lowest BCUT2D eigenvalue weighted by atomic mass is 10.0. The first kappa shape index (κ1) is 21.8. The van der Waals surface area contributed by atoms with E-state index in [9.17, 15) is 18.7 Å². The second-order valence-electron chi connectivity index (χ2n) is 6.80. The molecule has 0 saturated carbocycles. The molecule has 0 spiro atoms. The number of hydrogen-bond donors (Lipinski definition) is 2. The molecule has 0 saturated heterocycles. The van der Waals surface area contributed by atoms with Gasteiger partial charge in [-0.2, -0.15) is 0 Å². The SMILES string of the molecule is COc1cc(C(=O)O)ccc1N(c1ccc(-c2cccc(-c3ccccc3)c2)s1)S(=O)O. The summed E-state index contributed by atoms with van der Waals surface area (Å²) in [7, 11) is 1.39. The van der Waals surface area contributed by atoms with E-state index >= 15 is 0 Å². The van der Waals surface area contributed by atoms with Gasteiger partial charge in [-0.3, -0.25) is 4.55 Å². The first-order chi connectivity index (χ1) is 15.5. The van der Waals surface area contributed by atoms with E-state index in [0.29, 0.717) is 10.7 Å². The lowest BCUT2D eigenvalue weighted by molar-refractivity contribution is 0.0696. The van der Waals surface area contributed by atoms with E-state index < -0.39 is 17.2 Å². The van der Waals surface area contributed by atoms with E-state index in [2.05, 4.69) is 6.07 Å². The minimum absolute atomic E-state index is 0.0267. The van der Waals surface area contributed by atoms with Crippen molar-refractivity contribution in [2.45, 2.75) is 0 Å². The molecule has 0 radical (unpaired) electrons. The molecular weight excluding hydrogens is 446 g/mol. The number of carboxylic acids is 1. The highest BCUT2D eigenvalue weighted by molar-refractivity contribution is 7.81. The fourth-order valence-electron chi connectivity index (χ4n) is 3.33. The number of methoxy groups -OCH3 is 1. The first-order valence-corrected chi connectivity index (χ1v) is 11.4. The number of benzene rings is 3. The molecule has 0 aliphatic rings. The number of carbonyl (C=O) groups is 1. The third-order valence-electron chi connectivity index (χ3n) is 4.85. The van der Waals surface area contributed by atoms with Crippen LogP contribution in [0.25, 0.3) is 21.6 Å². The minimum Gasteiger partial charge on any atom is -0.495 e. The highest BCUT2D eigenvalue weighted by Gasteiger charge is 2.22. The molecule has 0 fully saturated rings. The molecule has 1 unspecified atom stereocenters. The first-order valence-electron chi connectivity index (χ1n) is 9.56. The van der Waals surface area contributed by atoms with Gasteiger partial charge in [0.25, 0.3) is 11.3 Å². The number of rotatable bonds is 7. The van der Waals surface area contributed by atoms with Gasteiger partial charge in [0.1, 0.15) is 10.8 Å². The van der Waals surface area contributed by atoms with E-state index in [0.717, 1.165) is 21.6 Å². The van der Waals surface area contributed by atoms with Crippen molar-refractivity contribution in [1.29, 1.82) is 0 Å². The maximum atomic E-state index is 12.2. The molecule has 1 atom stereocenters. The molecule has 4 aromatic rings. The van der Waals surface area contributed by atoms with E-state index in [1.165, 1.54) is 41.0 Å². The molecular formula is C24H19NO5S2. The van der Waals surface area contributed by atoms with Crippen molar-refractivity contribution < 1.29 is 23.4 Å². The van der Waals surface area contributed by atoms with Crippen LogP contribution in [-0.4, -0.2) is 26.9 Å². The summed E-state index contributed by atoms with van der Waals surface area (Å²) in [5.74, 6) is -0.920. The summed E-state index contributed by atoms with van der Waals surface area (Å²) in [4.78, 5) is 12.2. The Hall–Kier alpha value is -3.46. The van der Waals surface area contributed by atoms with Gasteiger partial charge >= 0.3 is 5.97 Å². The molecule has 6 nitrogen and oxygen atoms in total. The predicted molar refractivity (Wildman–Crippen MR) is 128 cm³/mol. The summed E-state index contributed by atoms with van der Waals surface area (Å²) < 4.78 is 28.8. The Balaban J connectivity index is 1.72. The van der Waals surface area contributed by atoms with Gasteiger partial charge in [0.2, 0.25) is 0 Å². The van der Waals surface area contributed by atoms with Crippen molar-refractivity contribution in [3.63, 3.8) is 0 Å². The van der Waals surface area contributed by atoms with Crippen molar-refractivity contribution in [3.05, 3.63) is 90.5 Å². The lowest BCUT2D eigenvalue weighted by Crippen LogP contribution is -2.19. The number of carboxylic acid groups (broad SMARTS) is 1. The van der Waals surface area contributed by atoms with Crippen LogP contribution < -0.4 is 9.04 Å². The van der Waals surface area contributed by atoms with Gasteiger partial charge in [-0.05, 0) is 53.1 Å². The number of aromatic carboxylic acids is 1. The minimum atomic E-state index is -2.40. The Morgan fingerprint density at radius 1 is 0.906 bits per heavy atom. The van der Waals surface area contributed by atoms with E-state index in [1.54, 1.807) is 6.07 Å². The zero-order valence-electron chi connectivity index (χ0n) is 17.0. The number of anilines is 2. The third-order valence-corrected chi connectivity index (χ3v) is 6.79. The molecule has 162 valence electrons. The van der Waals surface area contributed by atoms with Crippen LogP contribution in [0, 0.1) is 0 Å². The standard InChI is InChI=1S/C24H19NO5S2/c1-30-21-15-19(24(26)27)10-11-20(21)25(32(28)29)23-13-12-22(31-23)18-9-5-8-17(14-18)16-6-3-2-4-7-16/h2-15H,1H3,(H,26,27)(H,28,29). The van der Waals surface area contributed by atoms with Gasteiger partial charge in [-0.15, -0.1) is 11.3 Å². The molecule has 0 aliphatic heterocycles. The molecule has 1 heterocycles. The van der Waals surface area contributed by atoms with Crippen LogP contribution in [0.3, 0.4) is 0 Å². The van der Waals surface area contributed by atoms with Crippen LogP contribution in [0.1, 0.15) is 10.4 Å². The van der Waals surface area contributed by atoms with E-state index in [4.69, 9.17) is 4.74 Å². The molecule has 4 rings (SSSR count). The van der Waals surface area contributed by atoms with Crippen molar-refractivity contribution in [3.8, 4) is 27.3 Å². The average Bonchev–Trinajstić information content (AvgIpc) is 3.29. The molecule has 0 aliphatic carbocycles. The van der Waals surface area contributed by atoms with Crippen molar-refractivity contribution in [2.75, 3.05) is 11.4 Å². The fraction of sp³-hybridized carbons (Fsp3) is 0.0417. The second-order valence-corrected chi connectivity index (χ2v) is 8.69. The van der Waals surface area contributed by atoms with Crippen molar-refractivity contribution in [1.82, 2.24) is 0 Å². The fourth-order valence-corrected chi connectivity index (χ4v) is 5.09. The van der Waals surface area contributed by atoms with Gasteiger partial charge in [0.15, 0.2) is 0 Å². The highest BCUT2D eigenvalue weighted by Crippen LogP contribution is 2.42. The summed E-state index contributed by atoms with van der Waals surface area (Å²) in [6.07, 6.45) is 0. The van der Waals surface area contributed by atoms with Gasteiger partial charge in [0.05, 0.1) is 18.4 Å². The number of thiophene rings is 1. The zero-order valence-corrected chi connectivity index (χ0v) is 18.6. The third kappa shape index (κ3) is 4.43. The van der Waals surface area contributed by atoms with Crippen molar-refractivity contribution >= 4 is 39.3 Å². The average molecular weight is 466 g/mol. The van der Waals surface area contributed by atoms with Gasteiger partial charge in [0, 0.05) is 4.88 Å². The van der Waals surface area contributed by atoms with Crippen molar-refractivity contribution in [2.24, 2.45) is 0 Å². The van der Waals surface area contributed by atoms with Gasteiger partial charge in [-0.1, -0.05) is 48.5 Å². The maximum absolute atomic E-state index is 12.2.